The van der Waals surface area contributed by atoms with Gasteiger partial charge in [0.15, 0.2) is 0 Å². The Hall–Kier alpha value is -0.860. The summed E-state index contributed by atoms with van der Waals surface area (Å²) in [6.07, 6.45) is 7.90. The molecule has 1 N–H and O–H groups in total. The molecule has 1 aromatic rings. The third-order valence-corrected chi connectivity index (χ3v) is 4.63. The van der Waals surface area contributed by atoms with Crippen molar-refractivity contribution in [3.63, 3.8) is 0 Å². The minimum Gasteiger partial charge on any atom is -0.314 e. The molecule has 0 bridgehead atoms. The van der Waals surface area contributed by atoms with Crippen molar-refractivity contribution in [3.05, 3.63) is 35.9 Å². The van der Waals surface area contributed by atoms with E-state index in [0.29, 0.717) is 0 Å². The maximum atomic E-state index is 3.59. The van der Waals surface area contributed by atoms with Gasteiger partial charge in [-0.15, -0.1) is 0 Å². The van der Waals surface area contributed by atoms with Gasteiger partial charge in [0.05, 0.1) is 0 Å². The van der Waals surface area contributed by atoms with Gasteiger partial charge in [-0.2, -0.15) is 0 Å². The van der Waals surface area contributed by atoms with Gasteiger partial charge in [-0.25, -0.2) is 0 Å². The van der Waals surface area contributed by atoms with E-state index in [2.05, 4.69) is 54.5 Å². The van der Waals surface area contributed by atoms with Gasteiger partial charge in [0, 0.05) is 12.1 Å². The van der Waals surface area contributed by atoms with Gasteiger partial charge in [0.25, 0.3) is 0 Å². The predicted octanol–water partition coefficient (Wildman–Crippen LogP) is 3.47. The van der Waals surface area contributed by atoms with Crippen LogP contribution in [0, 0.1) is 0 Å². The molecule has 2 heteroatoms. The minimum absolute atomic E-state index is 0.772. The summed E-state index contributed by atoms with van der Waals surface area (Å²) >= 11 is 0. The van der Waals surface area contributed by atoms with Crippen molar-refractivity contribution in [2.24, 2.45) is 0 Å². The fraction of sp³-hybridized carbons (Fsp3) is 0.667. The Labute approximate surface area is 124 Å². The summed E-state index contributed by atoms with van der Waals surface area (Å²) in [6.45, 7) is 4.55. The molecule has 0 radical (unpaired) electrons. The van der Waals surface area contributed by atoms with Crippen molar-refractivity contribution in [1.29, 1.82) is 0 Å². The zero-order chi connectivity index (χ0) is 14.2. The Morgan fingerprint density at radius 1 is 1.10 bits per heavy atom. The van der Waals surface area contributed by atoms with Crippen LogP contribution in [0.3, 0.4) is 0 Å². The molecule has 0 spiro atoms. The Morgan fingerprint density at radius 3 is 2.45 bits per heavy atom. The van der Waals surface area contributed by atoms with Gasteiger partial charge in [-0.05, 0) is 64.2 Å². The maximum Gasteiger partial charge on any atom is 0.00933 e. The van der Waals surface area contributed by atoms with Crippen molar-refractivity contribution in [3.8, 4) is 0 Å². The highest BCUT2D eigenvalue weighted by molar-refractivity contribution is 5.14. The second kappa shape index (κ2) is 8.43. The van der Waals surface area contributed by atoms with Crippen LogP contribution in [0.1, 0.15) is 44.6 Å². The first-order valence-electron chi connectivity index (χ1n) is 8.27. The summed E-state index contributed by atoms with van der Waals surface area (Å²) in [4.78, 5) is 2.59. The van der Waals surface area contributed by atoms with E-state index >= 15 is 0 Å². The lowest BCUT2D eigenvalue weighted by molar-refractivity contribution is 0.173. The monoisotopic (exact) mass is 274 g/mol. The van der Waals surface area contributed by atoms with Crippen LogP contribution >= 0.6 is 0 Å². The summed E-state index contributed by atoms with van der Waals surface area (Å²) in [5.41, 5.74) is 1.47. The average molecular weight is 274 g/mol. The molecule has 1 aliphatic carbocycles. The van der Waals surface area contributed by atoms with Gasteiger partial charge in [0.1, 0.15) is 0 Å². The molecular weight excluding hydrogens is 244 g/mol. The SMILES string of the molecule is CCNC1CCC(N(C)CCCc2ccccc2)CC1. The van der Waals surface area contributed by atoms with E-state index in [-0.39, 0.29) is 0 Å². The second-order valence-electron chi connectivity index (χ2n) is 6.13. The highest BCUT2D eigenvalue weighted by atomic mass is 15.1. The summed E-state index contributed by atoms with van der Waals surface area (Å²) in [6, 6.07) is 12.4. The topological polar surface area (TPSA) is 15.3 Å². The molecule has 1 aromatic carbocycles. The molecule has 0 amide bonds. The molecule has 0 aliphatic heterocycles. The summed E-state index contributed by atoms with van der Waals surface area (Å²) in [5.74, 6) is 0. The molecule has 1 aliphatic rings. The summed E-state index contributed by atoms with van der Waals surface area (Å²) in [7, 11) is 2.31. The second-order valence-corrected chi connectivity index (χ2v) is 6.13. The number of hydrogen-bond donors (Lipinski definition) is 1. The highest BCUT2D eigenvalue weighted by Crippen LogP contribution is 2.22. The largest absolute Gasteiger partial charge is 0.314 e. The van der Waals surface area contributed by atoms with E-state index in [1.165, 1.54) is 50.6 Å². The lowest BCUT2D eigenvalue weighted by Crippen LogP contribution is -2.41. The molecule has 112 valence electrons. The predicted molar refractivity (Wildman–Crippen MR) is 87.1 cm³/mol. The molecule has 2 nitrogen and oxygen atoms in total. The van der Waals surface area contributed by atoms with Gasteiger partial charge in [-0.3, -0.25) is 0 Å². The fourth-order valence-corrected chi connectivity index (χ4v) is 3.37. The number of aryl methyl sites for hydroxylation is 1. The number of nitrogens with one attached hydrogen (secondary N) is 1. The van der Waals surface area contributed by atoms with E-state index in [9.17, 15) is 0 Å². The smallest absolute Gasteiger partial charge is 0.00933 e. The van der Waals surface area contributed by atoms with Crippen molar-refractivity contribution in [2.45, 2.75) is 57.5 Å². The van der Waals surface area contributed by atoms with E-state index < -0.39 is 0 Å². The van der Waals surface area contributed by atoms with Crippen LogP contribution in [0.5, 0.6) is 0 Å². The van der Waals surface area contributed by atoms with Crippen LogP contribution in [0.25, 0.3) is 0 Å². The highest BCUT2D eigenvalue weighted by Gasteiger charge is 2.22. The van der Waals surface area contributed by atoms with E-state index in [1.807, 2.05) is 0 Å². The number of nitrogens with zero attached hydrogens (tertiary/aromatic N) is 1. The lowest BCUT2D eigenvalue weighted by Gasteiger charge is -2.35. The normalized spacial score (nSPS) is 23.1. The zero-order valence-corrected chi connectivity index (χ0v) is 13.1. The van der Waals surface area contributed by atoms with Crippen LogP contribution in [0.2, 0.25) is 0 Å². The first-order valence-corrected chi connectivity index (χ1v) is 8.27. The van der Waals surface area contributed by atoms with E-state index in [0.717, 1.165) is 18.6 Å². The third kappa shape index (κ3) is 4.92. The van der Waals surface area contributed by atoms with Crippen molar-refractivity contribution in [2.75, 3.05) is 20.1 Å². The molecule has 0 atom stereocenters. The van der Waals surface area contributed by atoms with Crippen LogP contribution < -0.4 is 5.32 Å². The van der Waals surface area contributed by atoms with E-state index in [4.69, 9.17) is 0 Å². The first-order chi connectivity index (χ1) is 9.79. The van der Waals surface area contributed by atoms with Crippen molar-refractivity contribution in [1.82, 2.24) is 10.2 Å². The molecule has 0 heterocycles. The van der Waals surface area contributed by atoms with Crippen LogP contribution in [0.15, 0.2) is 30.3 Å². The quantitative estimate of drug-likeness (QED) is 0.819. The Balaban J connectivity index is 1.64. The van der Waals surface area contributed by atoms with E-state index in [1.54, 1.807) is 0 Å². The standard InChI is InChI=1S/C18H30N2/c1-3-19-17-11-13-18(14-12-17)20(2)15-7-10-16-8-5-4-6-9-16/h4-6,8-9,17-19H,3,7,10-15H2,1-2H3. The van der Waals surface area contributed by atoms with Crippen LogP contribution in [0.4, 0.5) is 0 Å². The summed E-state index contributed by atoms with van der Waals surface area (Å²) < 4.78 is 0. The Morgan fingerprint density at radius 2 is 1.80 bits per heavy atom. The maximum absolute atomic E-state index is 3.59. The molecule has 2 rings (SSSR count). The lowest BCUT2D eigenvalue weighted by atomic mass is 9.90. The molecule has 0 unspecified atom stereocenters. The van der Waals surface area contributed by atoms with Crippen molar-refractivity contribution >= 4 is 0 Å². The van der Waals surface area contributed by atoms with Gasteiger partial charge < -0.3 is 10.2 Å². The molecule has 20 heavy (non-hydrogen) atoms. The average Bonchev–Trinajstić information content (AvgIpc) is 2.49. The first kappa shape index (κ1) is 15.5. The van der Waals surface area contributed by atoms with Crippen molar-refractivity contribution < 1.29 is 0 Å². The number of benzene rings is 1. The fourth-order valence-electron chi connectivity index (χ4n) is 3.37. The number of hydrogen-bond acceptors (Lipinski definition) is 2. The van der Waals surface area contributed by atoms with Gasteiger partial charge >= 0.3 is 0 Å². The molecule has 1 saturated carbocycles. The summed E-state index contributed by atoms with van der Waals surface area (Å²) in [5, 5.41) is 3.59. The van der Waals surface area contributed by atoms with Crippen LogP contribution in [-0.4, -0.2) is 37.1 Å². The number of rotatable bonds is 7. The van der Waals surface area contributed by atoms with Gasteiger partial charge in [-0.1, -0.05) is 37.3 Å². The molecular formula is C18H30N2. The Bertz CT molecular complexity index is 355. The molecule has 0 aromatic heterocycles. The minimum atomic E-state index is 0.772. The molecule has 0 saturated heterocycles. The van der Waals surface area contributed by atoms with Crippen LogP contribution in [-0.2, 0) is 6.42 Å². The van der Waals surface area contributed by atoms with Gasteiger partial charge in [0.2, 0.25) is 0 Å². The Kier molecular flexibility index (Phi) is 6.55. The third-order valence-electron chi connectivity index (χ3n) is 4.63. The zero-order valence-electron chi connectivity index (χ0n) is 13.1. The molecule has 1 fully saturated rings.